The number of aliphatic hydroxyl groups is 1. The number of nitrogens with one attached hydrogen (secondary N) is 2. The van der Waals surface area contributed by atoms with Crippen molar-refractivity contribution in [2.75, 3.05) is 48.9 Å². The third kappa shape index (κ3) is 7.27. The van der Waals surface area contributed by atoms with E-state index in [0.29, 0.717) is 49.9 Å². The number of aromatic nitrogens is 2. The first-order valence-electron chi connectivity index (χ1n) is 11.0. The van der Waals surface area contributed by atoms with Crippen LogP contribution in [0.3, 0.4) is 0 Å². The second kappa shape index (κ2) is 11.6. The molecule has 11 heteroatoms. The first-order valence-corrected chi connectivity index (χ1v) is 12.9. The SMILES string of the molecule is CCS(O)(O)Cc1cc(N2CCOC[C@@H]2C)nc(-c2ccc(NC(=O)NCCCO)cc2)n1. The molecule has 182 valence electrons. The number of urea groups is 1. The Hall–Kier alpha value is -2.44. The molecule has 0 radical (unpaired) electrons. The van der Waals surface area contributed by atoms with Crippen LogP contribution in [0.4, 0.5) is 16.3 Å². The fraction of sp³-hybridized carbons (Fsp3) is 0.500. The molecule has 33 heavy (non-hydrogen) atoms. The van der Waals surface area contributed by atoms with Crippen molar-refractivity contribution in [2.24, 2.45) is 0 Å². The van der Waals surface area contributed by atoms with Crippen LogP contribution in [0.1, 0.15) is 26.0 Å². The minimum Gasteiger partial charge on any atom is -0.396 e. The van der Waals surface area contributed by atoms with Crippen LogP contribution in [-0.2, 0) is 10.5 Å². The van der Waals surface area contributed by atoms with E-state index < -0.39 is 10.6 Å². The van der Waals surface area contributed by atoms with Gasteiger partial charge in [0.2, 0.25) is 0 Å². The summed E-state index contributed by atoms with van der Waals surface area (Å²) in [4.78, 5) is 23.4. The predicted octanol–water partition coefficient (Wildman–Crippen LogP) is 3.14. The maximum atomic E-state index is 11.9. The molecule has 10 nitrogen and oxygen atoms in total. The number of benzene rings is 1. The van der Waals surface area contributed by atoms with Crippen molar-refractivity contribution in [3.8, 4) is 11.4 Å². The highest BCUT2D eigenvalue weighted by Crippen LogP contribution is 2.42. The van der Waals surface area contributed by atoms with E-state index in [1.165, 1.54) is 0 Å². The summed E-state index contributed by atoms with van der Waals surface area (Å²) in [7, 11) is -2.77. The van der Waals surface area contributed by atoms with Crippen molar-refractivity contribution in [1.29, 1.82) is 0 Å². The molecular formula is C22H33N5O5S. The van der Waals surface area contributed by atoms with Crippen molar-refractivity contribution in [3.05, 3.63) is 36.0 Å². The average molecular weight is 480 g/mol. The standard InChI is InChI=1S/C22H33N5O5S/c1-3-33(30,31)15-19-13-20(27-10-12-32-14-16(27)2)26-21(24-19)17-5-7-18(8-6-17)25-22(29)23-9-4-11-28/h5-8,13,16,28,30-31H,3-4,9-12,14-15H2,1-2H3,(H2,23,25,29)/t16-/m0/s1. The van der Waals surface area contributed by atoms with E-state index in [0.717, 1.165) is 11.4 Å². The number of carbonyl (C=O) groups excluding carboxylic acids is 1. The van der Waals surface area contributed by atoms with E-state index >= 15 is 0 Å². The van der Waals surface area contributed by atoms with E-state index in [2.05, 4.69) is 27.4 Å². The molecule has 2 aromatic rings. The number of hydrogen-bond acceptors (Lipinski definition) is 8. The summed E-state index contributed by atoms with van der Waals surface area (Å²) in [6, 6.07) is 8.75. The smallest absolute Gasteiger partial charge is 0.319 e. The van der Waals surface area contributed by atoms with Crippen molar-refractivity contribution in [3.63, 3.8) is 0 Å². The zero-order valence-corrected chi connectivity index (χ0v) is 19.8. The molecule has 0 unspecified atom stereocenters. The van der Waals surface area contributed by atoms with Crippen LogP contribution in [0, 0.1) is 0 Å². The summed E-state index contributed by atoms with van der Waals surface area (Å²) in [6.45, 7) is 6.10. The lowest BCUT2D eigenvalue weighted by molar-refractivity contribution is 0.0985. The fourth-order valence-electron chi connectivity index (χ4n) is 3.40. The molecule has 1 fully saturated rings. The molecule has 0 spiro atoms. The number of nitrogens with zero attached hydrogens (tertiary/aromatic N) is 3. The van der Waals surface area contributed by atoms with Crippen LogP contribution < -0.4 is 15.5 Å². The van der Waals surface area contributed by atoms with E-state index in [1.807, 2.05) is 18.2 Å². The molecule has 5 N–H and O–H groups in total. The van der Waals surface area contributed by atoms with Gasteiger partial charge in [-0.1, -0.05) is 0 Å². The summed E-state index contributed by atoms with van der Waals surface area (Å²) in [5, 5.41) is 14.2. The molecule has 2 amide bonds. The van der Waals surface area contributed by atoms with Crippen LogP contribution in [-0.4, -0.2) is 74.9 Å². The van der Waals surface area contributed by atoms with Gasteiger partial charge in [-0.25, -0.2) is 14.8 Å². The summed E-state index contributed by atoms with van der Waals surface area (Å²) in [5.41, 5.74) is 1.93. The molecule has 0 saturated carbocycles. The first-order chi connectivity index (χ1) is 15.8. The van der Waals surface area contributed by atoms with Gasteiger partial charge >= 0.3 is 6.03 Å². The number of aliphatic hydroxyl groups excluding tert-OH is 1. The molecule has 1 aromatic heterocycles. The highest BCUT2D eigenvalue weighted by atomic mass is 32.3. The summed E-state index contributed by atoms with van der Waals surface area (Å²) >= 11 is 0. The number of anilines is 2. The van der Waals surface area contributed by atoms with E-state index in [1.54, 1.807) is 19.1 Å². The van der Waals surface area contributed by atoms with Crippen LogP contribution in [0.25, 0.3) is 11.4 Å². The summed E-state index contributed by atoms with van der Waals surface area (Å²) in [5.74, 6) is 1.53. The highest BCUT2D eigenvalue weighted by molar-refractivity contribution is 8.23. The van der Waals surface area contributed by atoms with Gasteiger partial charge in [0.05, 0.1) is 30.7 Å². The number of morpholine rings is 1. The van der Waals surface area contributed by atoms with Gasteiger partial charge in [0, 0.05) is 42.8 Å². The van der Waals surface area contributed by atoms with Crippen LogP contribution in [0.15, 0.2) is 30.3 Å². The molecule has 3 rings (SSSR count). The van der Waals surface area contributed by atoms with E-state index in [9.17, 15) is 13.9 Å². The monoisotopic (exact) mass is 479 g/mol. The zero-order valence-electron chi connectivity index (χ0n) is 19.0. The fourth-order valence-corrected chi connectivity index (χ4v) is 4.22. The Morgan fingerprint density at radius 1 is 1.27 bits per heavy atom. The van der Waals surface area contributed by atoms with Crippen LogP contribution in [0.2, 0.25) is 0 Å². The number of carbonyl (C=O) groups is 1. The molecule has 1 atom stereocenters. The normalized spacial score (nSPS) is 17.0. The summed E-state index contributed by atoms with van der Waals surface area (Å²) < 4.78 is 26.1. The molecule has 2 heterocycles. The number of hydrogen-bond donors (Lipinski definition) is 5. The predicted molar refractivity (Wildman–Crippen MR) is 131 cm³/mol. The Bertz CT molecular complexity index is 928. The topological polar surface area (TPSA) is 140 Å². The minimum atomic E-state index is -2.77. The second-order valence-corrected chi connectivity index (χ2v) is 10.4. The molecule has 0 bridgehead atoms. The van der Waals surface area contributed by atoms with Crippen molar-refractivity contribution in [2.45, 2.75) is 32.1 Å². The number of rotatable bonds is 9. The lowest BCUT2D eigenvalue weighted by Gasteiger charge is -2.35. The first kappa shape index (κ1) is 25.2. The van der Waals surface area contributed by atoms with Gasteiger partial charge in [-0.2, -0.15) is 10.6 Å². The lowest BCUT2D eigenvalue weighted by Crippen LogP contribution is -2.44. The Labute approximate surface area is 195 Å². The quantitative estimate of drug-likeness (QED) is 0.346. The van der Waals surface area contributed by atoms with Gasteiger partial charge < -0.3 is 25.4 Å². The zero-order chi connectivity index (χ0) is 23.8. The molecule has 1 aliphatic heterocycles. The third-order valence-corrected chi connectivity index (χ3v) is 6.97. The average Bonchev–Trinajstić information content (AvgIpc) is 2.79. The van der Waals surface area contributed by atoms with Gasteiger partial charge in [-0.3, -0.25) is 9.11 Å². The maximum absolute atomic E-state index is 11.9. The van der Waals surface area contributed by atoms with Gasteiger partial charge in [0.1, 0.15) is 5.82 Å². The Morgan fingerprint density at radius 2 is 2.03 bits per heavy atom. The van der Waals surface area contributed by atoms with Gasteiger partial charge in [-0.05, 0) is 44.5 Å². The molecular weight excluding hydrogens is 446 g/mol. The Morgan fingerprint density at radius 3 is 2.70 bits per heavy atom. The van der Waals surface area contributed by atoms with Gasteiger partial charge in [0.15, 0.2) is 5.82 Å². The second-order valence-electron chi connectivity index (χ2n) is 7.93. The molecule has 1 aromatic carbocycles. The van der Waals surface area contributed by atoms with Crippen molar-refractivity contribution in [1.82, 2.24) is 15.3 Å². The van der Waals surface area contributed by atoms with Gasteiger partial charge in [-0.15, -0.1) is 0 Å². The maximum Gasteiger partial charge on any atom is 0.319 e. The largest absolute Gasteiger partial charge is 0.396 e. The molecule has 1 saturated heterocycles. The van der Waals surface area contributed by atoms with Crippen LogP contribution >= 0.6 is 10.6 Å². The van der Waals surface area contributed by atoms with Crippen LogP contribution in [0.5, 0.6) is 0 Å². The third-order valence-electron chi connectivity index (χ3n) is 5.29. The number of amides is 2. The Kier molecular flexibility index (Phi) is 8.87. The van der Waals surface area contributed by atoms with E-state index in [4.69, 9.17) is 14.8 Å². The minimum absolute atomic E-state index is 0.0205. The summed E-state index contributed by atoms with van der Waals surface area (Å²) in [6.07, 6.45) is 0.493. The van der Waals surface area contributed by atoms with E-state index in [-0.39, 0.29) is 30.2 Å². The lowest BCUT2D eigenvalue weighted by atomic mass is 10.2. The highest BCUT2D eigenvalue weighted by Gasteiger charge is 2.23. The molecule has 0 aliphatic carbocycles. The van der Waals surface area contributed by atoms with Crippen molar-refractivity contribution >= 4 is 28.1 Å². The molecule has 1 aliphatic rings. The van der Waals surface area contributed by atoms with Gasteiger partial charge in [0.25, 0.3) is 0 Å². The number of ether oxygens (including phenoxy) is 1. The Balaban J connectivity index is 1.84. The van der Waals surface area contributed by atoms with Crippen molar-refractivity contribution < 1.29 is 23.7 Å².